The van der Waals surface area contributed by atoms with Crippen molar-refractivity contribution in [1.29, 1.82) is 0 Å². The third kappa shape index (κ3) is 6.74. The minimum Gasteiger partial charge on any atom is -0.493 e. The van der Waals surface area contributed by atoms with Crippen molar-refractivity contribution in [2.75, 3.05) is 27.9 Å². The second kappa shape index (κ2) is 8.96. The van der Waals surface area contributed by atoms with Gasteiger partial charge in [0, 0.05) is 6.08 Å². The van der Waals surface area contributed by atoms with E-state index in [0.29, 0.717) is 22.8 Å². The van der Waals surface area contributed by atoms with Crippen LogP contribution in [0.1, 0.15) is 26.3 Å². The lowest BCUT2D eigenvalue weighted by Gasteiger charge is -2.19. The van der Waals surface area contributed by atoms with Crippen LogP contribution in [0.3, 0.4) is 0 Å². The summed E-state index contributed by atoms with van der Waals surface area (Å²) in [5.41, 5.74) is 0.0129. The average Bonchev–Trinajstić information content (AvgIpc) is 2.55. The van der Waals surface area contributed by atoms with Gasteiger partial charge in [-0.05, 0) is 44.5 Å². The van der Waals surface area contributed by atoms with E-state index in [0.717, 1.165) is 0 Å². The summed E-state index contributed by atoms with van der Waals surface area (Å²) in [7, 11) is 4.50. The van der Waals surface area contributed by atoms with Crippen molar-refractivity contribution in [3.05, 3.63) is 23.8 Å². The van der Waals surface area contributed by atoms with Crippen LogP contribution in [0.15, 0.2) is 18.2 Å². The first-order valence-corrected chi connectivity index (χ1v) is 7.57. The molecule has 0 aliphatic heterocycles. The van der Waals surface area contributed by atoms with Gasteiger partial charge in [0.2, 0.25) is 5.75 Å². The van der Waals surface area contributed by atoms with Gasteiger partial charge in [0.1, 0.15) is 5.60 Å². The molecular formula is C18H24O7. The molecule has 0 saturated carbocycles. The van der Waals surface area contributed by atoms with Crippen molar-refractivity contribution >= 4 is 18.0 Å². The Morgan fingerprint density at radius 1 is 1.00 bits per heavy atom. The highest BCUT2D eigenvalue weighted by Crippen LogP contribution is 2.38. The number of ether oxygens (including phenoxy) is 5. The fourth-order valence-corrected chi connectivity index (χ4v) is 1.91. The molecule has 25 heavy (non-hydrogen) atoms. The predicted molar refractivity (Wildman–Crippen MR) is 91.9 cm³/mol. The Kier molecular flexibility index (Phi) is 7.29. The molecule has 0 bridgehead atoms. The molecule has 0 aliphatic carbocycles. The molecule has 138 valence electrons. The lowest BCUT2D eigenvalue weighted by Crippen LogP contribution is -2.27. The van der Waals surface area contributed by atoms with Crippen LogP contribution in [0.25, 0.3) is 6.08 Å². The Hall–Kier alpha value is -2.70. The molecule has 0 fully saturated rings. The highest BCUT2D eigenvalue weighted by atomic mass is 16.6. The van der Waals surface area contributed by atoms with Crippen molar-refractivity contribution in [2.24, 2.45) is 0 Å². The first-order valence-electron chi connectivity index (χ1n) is 7.57. The molecular weight excluding hydrogens is 328 g/mol. The number of hydrogen-bond donors (Lipinski definition) is 0. The summed E-state index contributed by atoms with van der Waals surface area (Å²) in [6.45, 7) is 4.75. The van der Waals surface area contributed by atoms with Gasteiger partial charge in [-0.2, -0.15) is 0 Å². The molecule has 0 aromatic heterocycles. The van der Waals surface area contributed by atoms with Gasteiger partial charge in [-0.25, -0.2) is 9.59 Å². The lowest BCUT2D eigenvalue weighted by atomic mass is 10.1. The maximum Gasteiger partial charge on any atom is 0.344 e. The average molecular weight is 352 g/mol. The first-order chi connectivity index (χ1) is 11.7. The summed E-state index contributed by atoms with van der Waals surface area (Å²) in [6.07, 6.45) is 2.72. The molecule has 0 saturated heterocycles. The second-order valence-electron chi connectivity index (χ2n) is 5.99. The Balaban J connectivity index is 2.75. The van der Waals surface area contributed by atoms with Crippen LogP contribution in [0.5, 0.6) is 17.2 Å². The number of rotatable bonds is 7. The monoisotopic (exact) mass is 352 g/mol. The Labute approximate surface area is 147 Å². The topological polar surface area (TPSA) is 80.3 Å². The molecule has 1 aromatic rings. The van der Waals surface area contributed by atoms with Crippen molar-refractivity contribution in [3.8, 4) is 17.2 Å². The molecule has 0 heterocycles. The number of hydrogen-bond acceptors (Lipinski definition) is 7. The fourth-order valence-electron chi connectivity index (χ4n) is 1.91. The van der Waals surface area contributed by atoms with E-state index in [1.165, 1.54) is 33.5 Å². The normalized spacial score (nSPS) is 11.1. The lowest BCUT2D eigenvalue weighted by molar-refractivity contribution is -0.164. The number of benzene rings is 1. The molecule has 0 N–H and O–H groups in total. The molecule has 1 rings (SSSR count). The van der Waals surface area contributed by atoms with E-state index in [2.05, 4.69) is 0 Å². The van der Waals surface area contributed by atoms with Crippen LogP contribution < -0.4 is 14.2 Å². The summed E-state index contributed by atoms with van der Waals surface area (Å²) in [5, 5.41) is 0. The van der Waals surface area contributed by atoms with Gasteiger partial charge in [0.05, 0.1) is 21.3 Å². The quantitative estimate of drug-likeness (QED) is 0.551. The highest BCUT2D eigenvalue weighted by molar-refractivity contribution is 5.88. The van der Waals surface area contributed by atoms with Crippen LogP contribution in [0.4, 0.5) is 0 Å². The van der Waals surface area contributed by atoms with Crippen LogP contribution in [-0.2, 0) is 19.1 Å². The first kappa shape index (κ1) is 20.3. The molecule has 7 heteroatoms. The standard InChI is InChI=1S/C18H24O7/c1-18(2,3)25-16(20)11-24-15(19)8-7-12-9-13(21-4)17(23-6)14(10-12)22-5/h7-10H,11H2,1-6H3/b8-7+. The number of esters is 2. The molecule has 0 unspecified atom stereocenters. The van der Waals surface area contributed by atoms with E-state index < -0.39 is 24.1 Å². The molecule has 0 atom stereocenters. The van der Waals surface area contributed by atoms with E-state index in [4.69, 9.17) is 23.7 Å². The highest BCUT2D eigenvalue weighted by Gasteiger charge is 2.17. The Morgan fingerprint density at radius 2 is 1.56 bits per heavy atom. The third-order valence-corrected chi connectivity index (χ3v) is 2.85. The molecule has 0 amide bonds. The SMILES string of the molecule is COc1cc(/C=C/C(=O)OCC(=O)OC(C)(C)C)cc(OC)c1OC. The number of carbonyl (C=O) groups excluding carboxylic acids is 2. The molecule has 0 aliphatic rings. The minimum absolute atomic E-state index is 0.449. The zero-order valence-electron chi connectivity index (χ0n) is 15.4. The predicted octanol–water partition coefficient (Wildman–Crippen LogP) is 2.61. The molecule has 0 spiro atoms. The Morgan fingerprint density at radius 3 is 2.00 bits per heavy atom. The van der Waals surface area contributed by atoms with E-state index in [1.807, 2.05) is 0 Å². The largest absolute Gasteiger partial charge is 0.493 e. The maximum absolute atomic E-state index is 11.7. The molecule has 1 aromatic carbocycles. The summed E-state index contributed by atoms with van der Waals surface area (Å²) in [6, 6.07) is 3.36. The maximum atomic E-state index is 11.7. The van der Waals surface area contributed by atoms with Gasteiger partial charge < -0.3 is 23.7 Å². The van der Waals surface area contributed by atoms with Crippen molar-refractivity contribution in [3.63, 3.8) is 0 Å². The fraction of sp³-hybridized carbons (Fsp3) is 0.444. The van der Waals surface area contributed by atoms with Crippen LogP contribution in [0.2, 0.25) is 0 Å². The van der Waals surface area contributed by atoms with E-state index in [1.54, 1.807) is 32.9 Å². The number of methoxy groups -OCH3 is 3. The van der Waals surface area contributed by atoms with Gasteiger partial charge >= 0.3 is 11.9 Å². The van der Waals surface area contributed by atoms with Gasteiger partial charge in [-0.3, -0.25) is 0 Å². The minimum atomic E-state index is -0.667. The van der Waals surface area contributed by atoms with Gasteiger partial charge in [0.25, 0.3) is 0 Å². The zero-order valence-corrected chi connectivity index (χ0v) is 15.4. The van der Waals surface area contributed by atoms with Gasteiger partial charge in [-0.1, -0.05) is 0 Å². The smallest absolute Gasteiger partial charge is 0.344 e. The van der Waals surface area contributed by atoms with E-state index >= 15 is 0 Å². The van der Waals surface area contributed by atoms with E-state index in [9.17, 15) is 9.59 Å². The third-order valence-electron chi connectivity index (χ3n) is 2.85. The van der Waals surface area contributed by atoms with Gasteiger partial charge in [-0.15, -0.1) is 0 Å². The zero-order chi connectivity index (χ0) is 19.0. The van der Waals surface area contributed by atoms with Crippen LogP contribution in [-0.4, -0.2) is 45.5 Å². The Bertz CT molecular complexity index is 616. The summed E-state index contributed by atoms with van der Waals surface area (Å²) in [4.78, 5) is 23.2. The summed E-state index contributed by atoms with van der Waals surface area (Å²) in [5.74, 6) is 0.101. The molecule has 0 radical (unpaired) electrons. The molecule has 7 nitrogen and oxygen atoms in total. The number of carbonyl (C=O) groups is 2. The summed E-state index contributed by atoms with van der Waals surface area (Å²) >= 11 is 0. The van der Waals surface area contributed by atoms with Crippen molar-refractivity contribution in [2.45, 2.75) is 26.4 Å². The van der Waals surface area contributed by atoms with Crippen molar-refractivity contribution in [1.82, 2.24) is 0 Å². The van der Waals surface area contributed by atoms with Crippen LogP contribution in [0, 0.1) is 0 Å². The van der Waals surface area contributed by atoms with Gasteiger partial charge in [0.15, 0.2) is 18.1 Å². The van der Waals surface area contributed by atoms with E-state index in [-0.39, 0.29) is 0 Å². The van der Waals surface area contributed by atoms with Crippen molar-refractivity contribution < 1.29 is 33.3 Å². The summed E-state index contributed by atoms with van der Waals surface area (Å²) < 4.78 is 25.6. The second-order valence-corrected chi connectivity index (χ2v) is 5.99. The van der Waals surface area contributed by atoms with Crippen LogP contribution >= 0.6 is 0 Å².